The molecule has 0 N–H and O–H groups in total. The normalized spacial score (nSPS) is 19.5. The summed E-state index contributed by atoms with van der Waals surface area (Å²) in [6.07, 6.45) is 1.78. The summed E-state index contributed by atoms with van der Waals surface area (Å²) in [7, 11) is 0. The summed E-state index contributed by atoms with van der Waals surface area (Å²) in [4.78, 5) is 4.10. The van der Waals surface area contributed by atoms with Crippen LogP contribution >= 0.6 is 0 Å². The average Bonchev–Trinajstić information content (AvgIpc) is 3.58. The highest BCUT2D eigenvalue weighted by atomic mass is 19.4. The molecule has 1 fully saturated rings. The van der Waals surface area contributed by atoms with Crippen LogP contribution in [0.2, 0.25) is 0 Å². The van der Waals surface area contributed by atoms with Crippen LogP contribution in [0.1, 0.15) is 17.5 Å². The second kappa shape index (κ2) is 11.0. The third-order valence-electron chi connectivity index (χ3n) is 6.44. The number of hydrogen-bond donors (Lipinski definition) is 0. The summed E-state index contributed by atoms with van der Waals surface area (Å²) in [5.74, 6) is -0.544. The predicted octanol–water partition coefficient (Wildman–Crippen LogP) is 6.53. The van der Waals surface area contributed by atoms with Crippen LogP contribution in [0, 0.1) is 5.82 Å². The Kier molecular flexibility index (Phi) is 7.49. The van der Waals surface area contributed by atoms with E-state index in [1.54, 1.807) is 48.9 Å². The molecular formula is C29H26F4N2O3. The second-order valence-electron chi connectivity index (χ2n) is 9.23. The van der Waals surface area contributed by atoms with Gasteiger partial charge in [0.25, 0.3) is 0 Å². The SMILES string of the molecule is Fc1ccc(CCC2(Cn3ccnc3)OCC(COc3ccc(-c4ccc(C(F)(F)F)cc4)cc3)O2)cc1. The molecule has 38 heavy (non-hydrogen) atoms. The van der Waals surface area contributed by atoms with Gasteiger partial charge in [-0.05, 0) is 59.5 Å². The highest BCUT2D eigenvalue weighted by Crippen LogP contribution is 2.33. The lowest BCUT2D eigenvalue weighted by Gasteiger charge is -2.28. The van der Waals surface area contributed by atoms with Crippen molar-refractivity contribution in [3.8, 4) is 16.9 Å². The molecule has 1 aromatic heterocycles. The van der Waals surface area contributed by atoms with E-state index in [1.807, 2.05) is 10.8 Å². The van der Waals surface area contributed by atoms with E-state index in [0.717, 1.165) is 23.3 Å². The van der Waals surface area contributed by atoms with Crippen molar-refractivity contribution in [2.45, 2.75) is 37.5 Å². The Balaban J connectivity index is 1.19. The fourth-order valence-electron chi connectivity index (χ4n) is 4.42. The Morgan fingerprint density at radius 1 is 0.947 bits per heavy atom. The molecule has 3 aromatic carbocycles. The molecule has 0 bridgehead atoms. The molecule has 198 valence electrons. The van der Waals surface area contributed by atoms with Gasteiger partial charge >= 0.3 is 6.18 Å². The number of aryl methyl sites for hydroxylation is 1. The minimum Gasteiger partial charge on any atom is -0.491 e. The van der Waals surface area contributed by atoms with Crippen LogP contribution in [0.15, 0.2) is 91.5 Å². The van der Waals surface area contributed by atoms with E-state index in [4.69, 9.17) is 14.2 Å². The molecular weight excluding hydrogens is 500 g/mol. The van der Waals surface area contributed by atoms with Crippen molar-refractivity contribution in [1.29, 1.82) is 0 Å². The number of rotatable bonds is 9. The first-order chi connectivity index (χ1) is 18.3. The van der Waals surface area contributed by atoms with Gasteiger partial charge in [-0.1, -0.05) is 36.4 Å². The standard InChI is InChI=1S/C29H26F4N2O3/c30-25-9-1-21(2-10-25)13-14-28(19-35-16-15-34-20-35)37-18-27(38-28)17-36-26-11-5-23(6-12-26)22-3-7-24(8-4-22)29(31,32)33/h1-12,15-16,20,27H,13-14,17-19H2. The Bertz CT molecular complexity index is 1310. The maximum absolute atomic E-state index is 13.3. The van der Waals surface area contributed by atoms with E-state index in [9.17, 15) is 17.6 Å². The Hall–Kier alpha value is -3.69. The lowest BCUT2D eigenvalue weighted by molar-refractivity contribution is -0.184. The van der Waals surface area contributed by atoms with Crippen LogP contribution in [-0.4, -0.2) is 34.7 Å². The van der Waals surface area contributed by atoms with Gasteiger partial charge in [0.05, 0.1) is 25.0 Å². The highest BCUT2D eigenvalue weighted by molar-refractivity contribution is 5.64. The maximum Gasteiger partial charge on any atom is 0.416 e. The Labute approximate surface area is 217 Å². The van der Waals surface area contributed by atoms with Crippen LogP contribution in [0.5, 0.6) is 5.75 Å². The summed E-state index contributed by atoms with van der Waals surface area (Å²) in [6.45, 7) is 1.07. The zero-order valence-electron chi connectivity index (χ0n) is 20.4. The summed E-state index contributed by atoms with van der Waals surface area (Å²) in [5, 5.41) is 0. The molecule has 0 amide bonds. The molecule has 0 saturated carbocycles. The van der Waals surface area contributed by atoms with Gasteiger partial charge in [-0.15, -0.1) is 0 Å². The van der Waals surface area contributed by atoms with Gasteiger partial charge in [-0.25, -0.2) is 9.37 Å². The van der Waals surface area contributed by atoms with Crippen molar-refractivity contribution < 1.29 is 31.8 Å². The fraction of sp³-hybridized carbons (Fsp3) is 0.276. The van der Waals surface area contributed by atoms with Crippen LogP contribution in [0.4, 0.5) is 17.6 Å². The topological polar surface area (TPSA) is 45.5 Å². The van der Waals surface area contributed by atoms with Gasteiger partial charge in [0.2, 0.25) is 0 Å². The summed E-state index contributed by atoms with van der Waals surface area (Å²) in [5.41, 5.74) is 1.77. The minimum absolute atomic E-state index is 0.266. The van der Waals surface area contributed by atoms with Crippen molar-refractivity contribution in [2.24, 2.45) is 0 Å². The number of aromatic nitrogens is 2. The molecule has 2 unspecified atom stereocenters. The van der Waals surface area contributed by atoms with Crippen molar-refractivity contribution >= 4 is 0 Å². The van der Waals surface area contributed by atoms with E-state index in [2.05, 4.69) is 4.98 Å². The van der Waals surface area contributed by atoms with Gasteiger partial charge in [-0.3, -0.25) is 0 Å². The number of imidazole rings is 1. The number of nitrogens with zero attached hydrogens (tertiary/aromatic N) is 2. The fourth-order valence-corrected chi connectivity index (χ4v) is 4.42. The van der Waals surface area contributed by atoms with E-state index in [0.29, 0.717) is 37.3 Å². The number of alkyl halides is 3. The average molecular weight is 527 g/mol. The van der Waals surface area contributed by atoms with Gasteiger partial charge in [-0.2, -0.15) is 13.2 Å². The van der Waals surface area contributed by atoms with Crippen molar-refractivity contribution in [1.82, 2.24) is 9.55 Å². The molecule has 4 aromatic rings. The molecule has 5 rings (SSSR count). The summed E-state index contributed by atoms with van der Waals surface area (Å²) >= 11 is 0. The molecule has 9 heteroatoms. The Morgan fingerprint density at radius 3 is 2.26 bits per heavy atom. The largest absolute Gasteiger partial charge is 0.491 e. The van der Waals surface area contributed by atoms with Gasteiger partial charge in [0, 0.05) is 18.8 Å². The van der Waals surface area contributed by atoms with Crippen molar-refractivity contribution in [3.05, 3.63) is 108 Å². The highest BCUT2D eigenvalue weighted by Gasteiger charge is 2.42. The molecule has 2 heterocycles. The number of ether oxygens (including phenoxy) is 3. The van der Waals surface area contributed by atoms with E-state index in [1.165, 1.54) is 24.3 Å². The molecule has 0 radical (unpaired) electrons. The monoisotopic (exact) mass is 526 g/mol. The molecule has 5 nitrogen and oxygen atoms in total. The first-order valence-corrected chi connectivity index (χ1v) is 12.2. The first-order valence-electron chi connectivity index (χ1n) is 12.2. The minimum atomic E-state index is -4.36. The predicted molar refractivity (Wildman–Crippen MR) is 133 cm³/mol. The Morgan fingerprint density at radius 2 is 1.63 bits per heavy atom. The number of benzene rings is 3. The molecule has 1 aliphatic rings. The molecule has 0 spiro atoms. The maximum atomic E-state index is 13.3. The number of halogens is 4. The summed E-state index contributed by atoms with van der Waals surface area (Å²) in [6, 6.07) is 18.6. The van der Waals surface area contributed by atoms with Crippen LogP contribution < -0.4 is 4.74 Å². The third-order valence-corrected chi connectivity index (χ3v) is 6.44. The zero-order chi connectivity index (χ0) is 26.6. The molecule has 1 aliphatic heterocycles. The molecule has 2 atom stereocenters. The number of hydrogen-bond acceptors (Lipinski definition) is 4. The van der Waals surface area contributed by atoms with Crippen LogP contribution in [-0.2, 0) is 28.6 Å². The van der Waals surface area contributed by atoms with E-state index < -0.39 is 17.5 Å². The third kappa shape index (κ3) is 6.41. The van der Waals surface area contributed by atoms with Crippen LogP contribution in [0.3, 0.4) is 0 Å². The smallest absolute Gasteiger partial charge is 0.416 e. The van der Waals surface area contributed by atoms with Crippen molar-refractivity contribution in [3.63, 3.8) is 0 Å². The van der Waals surface area contributed by atoms with E-state index in [-0.39, 0.29) is 18.5 Å². The zero-order valence-corrected chi connectivity index (χ0v) is 20.4. The van der Waals surface area contributed by atoms with Gasteiger partial charge in [0.1, 0.15) is 24.3 Å². The summed E-state index contributed by atoms with van der Waals surface area (Å²) < 4.78 is 72.1. The molecule has 0 aliphatic carbocycles. The van der Waals surface area contributed by atoms with Crippen LogP contribution in [0.25, 0.3) is 11.1 Å². The van der Waals surface area contributed by atoms with Gasteiger partial charge in [0.15, 0.2) is 5.79 Å². The van der Waals surface area contributed by atoms with E-state index >= 15 is 0 Å². The molecule has 1 saturated heterocycles. The quantitative estimate of drug-likeness (QED) is 0.233. The lowest BCUT2D eigenvalue weighted by atomic mass is 10.0. The van der Waals surface area contributed by atoms with Crippen molar-refractivity contribution in [2.75, 3.05) is 13.2 Å². The first kappa shape index (κ1) is 25.9. The van der Waals surface area contributed by atoms with Gasteiger partial charge < -0.3 is 18.8 Å². The second-order valence-corrected chi connectivity index (χ2v) is 9.23. The lowest BCUT2D eigenvalue weighted by Crippen LogP contribution is -2.37.